The van der Waals surface area contributed by atoms with Crippen molar-refractivity contribution in [3.63, 3.8) is 0 Å². The number of hydrogen-bond acceptors (Lipinski definition) is 4. The number of pyridine rings is 1. The number of rotatable bonds is 3. The molecule has 1 unspecified atom stereocenters. The maximum absolute atomic E-state index is 13.8. The lowest BCUT2D eigenvalue weighted by molar-refractivity contribution is 0.441. The molecule has 0 bridgehead atoms. The summed E-state index contributed by atoms with van der Waals surface area (Å²) in [6.07, 6.45) is 9.92. The highest BCUT2D eigenvalue weighted by Gasteiger charge is 2.33. The van der Waals surface area contributed by atoms with Crippen molar-refractivity contribution in [3.8, 4) is 11.4 Å². The minimum Gasteiger partial charge on any atom is -0.352 e. The van der Waals surface area contributed by atoms with Gasteiger partial charge in [-0.2, -0.15) is 0 Å². The maximum atomic E-state index is 13.8. The monoisotopic (exact) mass is 439 g/mol. The first kappa shape index (κ1) is 17.6. The van der Waals surface area contributed by atoms with Gasteiger partial charge in [0.15, 0.2) is 5.65 Å². The van der Waals surface area contributed by atoms with E-state index in [-0.39, 0.29) is 17.8 Å². The third-order valence-electron chi connectivity index (χ3n) is 5.48. The highest BCUT2D eigenvalue weighted by atomic mass is 79.9. The molecule has 1 aliphatic carbocycles. The Morgan fingerprint density at radius 2 is 2.11 bits per heavy atom. The normalized spacial score (nSPS) is 22.1. The molecule has 1 fully saturated rings. The summed E-state index contributed by atoms with van der Waals surface area (Å²) >= 11 is 3.43. The van der Waals surface area contributed by atoms with E-state index in [1.54, 1.807) is 12.3 Å². The van der Waals surface area contributed by atoms with Crippen molar-refractivity contribution in [1.82, 2.24) is 19.6 Å². The summed E-state index contributed by atoms with van der Waals surface area (Å²) in [5.41, 5.74) is 2.44. The van der Waals surface area contributed by atoms with Crippen LogP contribution in [0.5, 0.6) is 0 Å². The van der Waals surface area contributed by atoms with E-state index in [9.17, 15) is 4.39 Å². The molecule has 142 valence electrons. The molecule has 3 aromatic rings. The summed E-state index contributed by atoms with van der Waals surface area (Å²) < 4.78 is 16.4. The van der Waals surface area contributed by atoms with Crippen LogP contribution < -0.4 is 4.90 Å². The van der Waals surface area contributed by atoms with Crippen LogP contribution in [0.15, 0.2) is 65.2 Å². The molecule has 0 radical (unpaired) electrons. The number of anilines is 1. The highest BCUT2D eigenvalue weighted by molar-refractivity contribution is 9.10. The fourth-order valence-corrected chi connectivity index (χ4v) is 4.54. The van der Waals surface area contributed by atoms with Crippen molar-refractivity contribution in [2.45, 2.75) is 25.3 Å². The Hall–Kier alpha value is -2.54. The van der Waals surface area contributed by atoms with Crippen molar-refractivity contribution < 1.29 is 4.39 Å². The van der Waals surface area contributed by atoms with Gasteiger partial charge in [0.2, 0.25) is 0 Å². The zero-order valence-corrected chi connectivity index (χ0v) is 16.8. The van der Waals surface area contributed by atoms with Crippen LogP contribution >= 0.6 is 15.9 Å². The molecule has 4 heterocycles. The number of halogens is 2. The van der Waals surface area contributed by atoms with Gasteiger partial charge in [-0.15, -0.1) is 5.10 Å². The molecule has 0 N–H and O–H groups in total. The topological polar surface area (TPSA) is 46.3 Å². The van der Waals surface area contributed by atoms with Crippen LogP contribution in [0.2, 0.25) is 0 Å². The molecule has 5 rings (SSSR count). The highest BCUT2D eigenvalue weighted by Crippen LogP contribution is 2.34. The van der Waals surface area contributed by atoms with Gasteiger partial charge in [-0.05, 0) is 59.1 Å². The van der Waals surface area contributed by atoms with Crippen LogP contribution in [-0.4, -0.2) is 32.2 Å². The number of hydrogen-bond donors (Lipinski definition) is 0. The summed E-state index contributed by atoms with van der Waals surface area (Å²) in [5, 5.41) is 4.88. The van der Waals surface area contributed by atoms with Crippen LogP contribution in [0.4, 0.5) is 10.2 Å². The molecule has 5 nitrogen and oxygen atoms in total. The van der Waals surface area contributed by atoms with Gasteiger partial charge in [0.1, 0.15) is 21.9 Å². The second-order valence-electron chi connectivity index (χ2n) is 7.22. The van der Waals surface area contributed by atoms with Gasteiger partial charge >= 0.3 is 0 Å². The smallest absolute Gasteiger partial charge is 0.154 e. The standard InChI is InChI=1S/C21H19BrFN5/c22-19-8-2-6-16(25-19)18-13-24-20-9-10-21(26-28(18)20)27-11-3-7-17(27)14-4-1-5-15(23)12-14/h1-2,4-6,8-10,13-14,17H,3,7,11-12H2/t14?,17-/m1/s1. The van der Waals surface area contributed by atoms with Crippen molar-refractivity contribution in [1.29, 1.82) is 0 Å². The maximum Gasteiger partial charge on any atom is 0.154 e. The fraction of sp³-hybridized carbons (Fsp3) is 0.286. The number of fused-ring (bicyclic) bond motifs is 1. The summed E-state index contributed by atoms with van der Waals surface area (Å²) in [7, 11) is 0. The molecule has 7 heteroatoms. The molecule has 0 spiro atoms. The van der Waals surface area contributed by atoms with Crippen molar-refractivity contribution in [3.05, 3.63) is 65.2 Å². The summed E-state index contributed by atoms with van der Waals surface area (Å²) in [6, 6.07) is 10.0. The molecule has 0 amide bonds. The fourth-order valence-electron chi connectivity index (χ4n) is 4.19. The summed E-state index contributed by atoms with van der Waals surface area (Å²) in [4.78, 5) is 11.3. The Kier molecular flexibility index (Phi) is 4.47. The Bertz CT molecular complexity index is 1090. The van der Waals surface area contributed by atoms with Gasteiger partial charge in [-0.1, -0.05) is 18.2 Å². The van der Waals surface area contributed by atoms with Crippen molar-refractivity contribution in [2.24, 2.45) is 5.92 Å². The largest absolute Gasteiger partial charge is 0.352 e. The lowest BCUT2D eigenvalue weighted by atomic mass is 9.90. The Morgan fingerprint density at radius 1 is 1.18 bits per heavy atom. The van der Waals surface area contributed by atoms with E-state index in [1.807, 2.05) is 40.9 Å². The minimum absolute atomic E-state index is 0.0413. The third kappa shape index (κ3) is 3.13. The van der Waals surface area contributed by atoms with Crippen LogP contribution in [0.3, 0.4) is 0 Å². The molecular weight excluding hydrogens is 421 g/mol. The zero-order valence-electron chi connectivity index (χ0n) is 15.2. The molecule has 2 aliphatic rings. The van der Waals surface area contributed by atoms with Crippen LogP contribution in [-0.2, 0) is 0 Å². The third-order valence-corrected chi connectivity index (χ3v) is 5.92. The van der Waals surface area contributed by atoms with E-state index in [1.165, 1.54) is 0 Å². The second kappa shape index (κ2) is 7.13. The van der Waals surface area contributed by atoms with Gasteiger partial charge in [0.05, 0.1) is 11.9 Å². The Morgan fingerprint density at radius 3 is 2.96 bits per heavy atom. The molecule has 0 aromatic carbocycles. The van der Waals surface area contributed by atoms with Crippen molar-refractivity contribution >= 4 is 27.4 Å². The van der Waals surface area contributed by atoms with Crippen LogP contribution in [0, 0.1) is 5.92 Å². The first-order valence-electron chi connectivity index (χ1n) is 9.46. The molecule has 2 atom stereocenters. The minimum atomic E-state index is -0.0413. The van der Waals surface area contributed by atoms with Gasteiger partial charge in [0.25, 0.3) is 0 Å². The molecule has 1 aliphatic heterocycles. The first-order chi connectivity index (χ1) is 13.7. The van der Waals surface area contributed by atoms with E-state index in [0.717, 1.165) is 46.8 Å². The number of nitrogens with zero attached hydrogens (tertiary/aromatic N) is 5. The summed E-state index contributed by atoms with van der Waals surface area (Å²) in [6.45, 7) is 0.929. The van der Waals surface area contributed by atoms with Crippen LogP contribution in [0.25, 0.3) is 17.0 Å². The lowest BCUT2D eigenvalue weighted by Gasteiger charge is -2.31. The first-order valence-corrected chi connectivity index (χ1v) is 10.3. The van der Waals surface area contributed by atoms with E-state index in [2.05, 4.69) is 36.9 Å². The predicted molar refractivity (Wildman–Crippen MR) is 111 cm³/mol. The average Bonchev–Trinajstić information content (AvgIpc) is 3.34. The number of allylic oxidation sites excluding steroid dienone is 3. The summed E-state index contributed by atoms with van der Waals surface area (Å²) in [5.74, 6) is 1.03. The lowest BCUT2D eigenvalue weighted by Crippen LogP contribution is -2.36. The van der Waals surface area contributed by atoms with Crippen molar-refractivity contribution in [2.75, 3.05) is 11.4 Å². The van der Waals surface area contributed by atoms with Gasteiger partial charge in [-0.25, -0.2) is 18.9 Å². The van der Waals surface area contributed by atoms with Crippen LogP contribution in [0.1, 0.15) is 19.3 Å². The van der Waals surface area contributed by atoms with Gasteiger partial charge in [0, 0.05) is 24.9 Å². The van der Waals surface area contributed by atoms with Gasteiger partial charge in [-0.3, -0.25) is 0 Å². The van der Waals surface area contributed by atoms with Gasteiger partial charge < -0.3 is 4.90 Å². The molecule has 28 heavy (non-hydrogen) atoms. The molecular formula is C21H19BrFN5. The SMILES string of the molecule is FC1=CC=CC([C@H]2CCCN2c2ccc3ncc(-c4cccc(Br)n4)n3n2)C1. The Balaban J connectivity index is 1.52. The number of aromatic nitrogens is 4. The Labute approximate surface area is 170 Å². The van der Waals surface area contributed by atoms with E-state index in [4.69, 9.17) is 5.10 Å². The molecule has 0 saturated carbocycles. The quantitative estimate of drug-likeness (QED) is 0.541. The van der Waals surface area contributed by atoms with E-state index in [0.29, 0.717) is 6.42 Å². The average molecular weight is 440 g/mol. The predicted octanol–water partition coefficient (Wildman–Crippen LogP) is 4.95. The molecule has 3 aromatic heterocycles. The van der Waals surface area contributed by atoms with E-state index < -0.39 is 0 Å². The number of imidazole rings is 1. The molecule has 1 saturated heterocycles. The van der Waals surface area contributed by atoms with E-state index >= 15 is 0 Å². The second-order valence-corrected chi connectivity index (χ2v) is 8.03. The zero-order chi connectivity index (χ0) is 19.1.